The third-order valence-corrected chi connectivity index (χ3v) is 6.95. The van der Waals surface area contributed by atoms with Crippen LogP contribution >= 0.6 is 0 Å². The standard InChI is InChI=1S/C26H31N3O4/c30-25(27-20-10-8-19(9-11-20)18-5-2-1-3-6-18)22-7-4-14-29(22)26(31)28-21-12-13-23-24(17-21)33-16-15-32-23/h1-3,5-6,12-13,17,19-20,22H,4,7-11,14-16H2,(H,27,30)(H,28,31). The van der Waals surface area contributed by atoms with Gasteiger partial charge in [0, 0.05) is 24.3 Å². The normalized spacial score (nSPS) is 24.2. The number of benzene rings is 2. The van der Waals surface area contributed by atoms with E-state index in [0.29, 0.717) is 49.3 Å². The highest BCUT2D eigenvalue weighted by Gasteiger charge is 2.35. The van der Waals surface area contributed by atoms with Gasteiger partial charge in [-0.3, -0.25) is 4.79 Å². The minimum Gasteiger partial charge on any atom is -0.486 e. The lowest BCUT2D eigenvalue weighted by molar-refractivity contribution is -0.125. The predicted molar refractivity (Wildman–Crippen MR) is 126 cm³/mol. The second-order valence-corrected chi connectivity index (χ2v) is 9.11. The van der Waals surface area contributed by atoms with E-state index in [4.69, 9.17) is 9.47 Å². The van der Waals surface area contributed by atoms with Gasteiger partial charge in [0.2, 0.25) is 5.91 Å². The van der Waals surface area contributed by atoms with Crippen molar-refractivity contribution >= 4 is 17.6 Å². The van der Waals surface area contributed by atoms with Crippen molar-refractivity contribution in [1.29, 1.82) is 0 Å². The van der Waals surface area contributed by atoms with Crippen LogP contribution in [0.5, 0.6) is 11.5 Å². The Balaban J connectivity index is 1.15. The molecular formula is C26H31N3O4. The molecule has 0 aromatic heterocycles. The Hall–Kier alpha value is -3.22. The van der Waals surface area contributed by atoms with Crippen LogP contribution in [0.2, 0.25) is 0 Å². The lowest BCUT2D eigenvalue weighted by atomic mass is 9.81. The molecule has 0 radical (unpaired) electrons. The first-order chi connectivity index (χ1) is 16.2. The molecule has 33 heavy (non-hydrogen) atoms. The van der Waals surface area contributed by atoms with Crippen molar-refractivity contribution in [2.75, 3.05) is 25.1 Å². The number of urea groups is 1. The molecule has 1 atom stereocenters. The quantitative estimate of drug-likeness (QED) is 0.730. The molecule has 2 aromatic carbocycles. The highest BCUT2D eigenvalue weighted by Crippen LogP contribution is 2.34. The van der Waals surface area contributed by atoms with Crippen molar-refractivity contribution in [2.45, 2.75) is 56.5 Å². The number of nitrogens with one attached hydrogen (secondary N) is 2. The van der Waals surface area contributed by atoms with Gasteiger partial charge >= 0.3 is 6.03 Å². The van der Waals surface area contributed by atoms with Gasteiger partial charge in [0.1, 0.15) is 19.3 Å². The summed E-state index contributed by atoms with van der Waals surface area (Å²) in [5.74, 6) is 1.84. The fourth-order valence-corrected chi connectivity index (χ4v) is 5.19. The molecule has 1 unspecified atom stereocenters. The monoisotopic (exact) mass is 449 g/mol. The number of amides is 3. The molecule has 1 saturated carbocycles. The van der Waals surface area contributed by atoms with Crippen molar-refractivity contribution < 1.29 is 19.1 Å². The zero-order valence-electron chi connectivity index (χ0n) is 18.8. The van der Waals surface area contributed by atoms with E-state index >= 15 is 0 Å². The van der Waals surface area contributed by atoms with E-state index in [-0.39, 0.29) is 18.0 Å². The summed E-state index contributed by atoms with van der Waals surface area (Å²) in [4.78, 5) is 27.7. The molecule has 2 heterocycles. The minimum atomic E-state index is -0.422. The lowest BCUT2D eigenvalue weighted by Crippen LogP contribution is -2.50. The Morgan fingerprint density at radius 1 is 0.879 bits per heavy atom. The summed E-state index contributed by atoms with van der Waals surface area (Å²) in [5, 5.41) is 6.14. The van der Waals surface area contributed by atoms with Gasteiger partial charge in [-0.05, 0) is 62.1 Å². The molecule has 0 spiro atoms. The molecule has 2 aliphatic heterocycles. The molecule has 3 amide bonds. The highest BCUT2D eigenvalue weighted by molar-refractivity contribution is 5.94. The van der Waals surface area contributed by atoms with Crippen LogP contribution in [0.1, 0.15) is 50.0 Å². The van der Waals surface area contributed by atoms with E-state index in [1.54, 1.807) is 23.1 Å². The molecule has 3 aliphatic rings. The van der Waals surface area contributed by atoms with Crippen LogP contribution in [0.15, 0.2) is 48.5 Å². The summed E-state index contributed by atoms with van der Waals surface area (Å²) >= 11 is 0. The third-order valence-electron chi connectivity index (χ3n) is 6.95. The minimum absolute atomic E-state index is 0.0343. The molecule has 2 N–H and O–H groups in total. The summed E-state index contributed by atoms with van der Waals surface area (Å²) in [6.45, 7) is 1.60. The lowest BCUT2D eigenvalue weighted by Gasteiger charge is -2.31. The number of anilines is 1. The van der Waals surface area contributed by atoms with Crippen LogP contribution < -0.4 is 20.1 Å². The second kappa shape index (κ2) is 9.73. The molecule has 7 nitrogen and oxygen atoms in total. The second-order valence-electron chi connectivity index (χ2n) is 9.11. The van der Waals surface area contributed by atoms with E-state index in [9.17, 15) is 9.59 Å². The zero-order chi connectivity index (χ0) is 22.6. The topological polar surface area (TPSA) is 79.9 Å². The number of nitrogens with zero attached hydrogens (tertiary/aromatic N) is 1. The van der Waals surface area contributed by atoms with Crippen molar-refractivity contribution in [2.24, 2.45) is 0 Å². The van der Waals surface area contributed by atoms with Gasteiger partial charge in [0.15, 0.2) is 11.5 Å². The number of hydrogen-bond donors (Lipinski definition) is 2. The van der Waals surface area contributed by atoms with Crippen LogP contribution in [-0.4, -0.2) is 48.7 Å². The molecule has 174 valence electrons. The molecule has 7 heteroatoms. The number of ether oxygens (including phenoxy) is 2. The maximum atomic E-state index is 13.1. The van der Waals surface area contributed by atoms with Gasteiger partial charge in [0.05, 0.1) is 0 Å². The first-order valence-corrected chi connectivity index (χ1v) is 12.0. The number of hydrogen-bond acceptors (Lipinski definition) is 4. The molecule has 2 fully saturated rings. The molecule has 0 bridgehead atoms. The maximum absolute atomic E-state index is 13.1. The Morgan fingerprint density at radius 2 is 1.64 bits per heavy atom. The maximum Gasteiger partial charge on any atom is 0.322 e. The smallest absolute Gasteiger partial charge is 0.322 e. The van der Waals surface area contributed by atoms with Crippen molar-refractivity contribution in [3.8, 4) is 11.5 Å². The van der Waals surface area contributed by atoms with Crippen molar-refractivity contribution in [1.82, 2.24) is 10.2 Å². The van der Waals surface area contributed by atoms with Crippen LogP contribution in [0.3, 0.4) is 0 Å². The fraction of sp³-hybridized carbons (Fsp3) is 0.462. The average Bonchev–Trinajstić information content (AvgIpc) is 3.36. The summed E-state index contributed by atoms with van der Waals surface area (Å²) < 4.78 is 11.1. The first kappa shape index (κ1) is 21.6. The van der Waals surface area contributed by atoms with Gasteiger partial charge < -0.3 is 25.0 Å². The Bertz CT molecular complexity index is 988. The summed E-state index contributed by atoms with van der Waals surface area (Å²) in [6.07, 6.45) is 5.62. The van der Waals surface area contributed by atoms with Crippen molar-refractivity contribution in [3.63, 3.8) is 0 Å². The van der Waals surface area contributed by atoms with Gasteiger partial charge in [0.25, 0.3) is 0 Å². The summed E-state index contributed by atoms with van der Waals surface area (Å²) in [7, 11) is 0. The number of fused-ring (bicyclic) bond motifs is 1. The van der Waals surface area contributed by atoms with Gasteiger partial charge in [-0.2, -0.15) is 0 Å². The van der Waals surface area contributed by atoms with Gasteiger partial charge in [-0.1, -0.05) is 30.3 Å². The molecule has 1 aliphatic carbocycles. The van der Waals surface area contributed by atoms with Gasteiger partial charge in [-0.15, -0.1) is 0 Å². The Kier molecular flexibility index (Phi) is 6.37. The number of carbonyl (C=O) groups excluding carboxylic acids is 2. The first-order valence-electron chi connectivity index (χ1n) is 12.0. The summed E-state index contributed by atoms with van der Waals surface area (Å²) in [6, 6.07) is 15.5. The SMILES string of the molecule is O=C(NC1CCC(c2ccccc2)CC1)C1CCCN1C(=O)Nc1ccc2c(c1)OCCO2. The number of carbonyl (C=O) groups is 2. The van der Waals surface area contributed by atoms with Gasteiger partial charge in [-0.25, -0.2) is 4.79 Å². The van der Waals surface area contributed by atoms with E-state index in [1.807, 2.05) is 6.07 Å². The number of rotatable bonds is 4. The largest absolute Gasteiger partial charge is 0.486 e. The molecule has 5 rings (SSSR count). The van der Waals surface area contributed by atoms with E-state index in [2.05, 4.69) is 34.9 Å². The third kappa shape index (κ3) is 4.92. The predicted octanol–water partition coefficient (Wildman–Crippen LogP) is 4.30. The summed E-state index contributed by atoms with van der Waals surface area (Å²) in [5.41, 5.74) is 2.02. The van der Waals surface area contributed by atoms with Crippen LogP contribution in [-0.2, 0) is 4.79 Å². The van der Waals surface area contributed by atoms with Crippen LogP contribution in [0, 0.1) is 0 Å². The zero-order valence-corrected chi connectivity index (χ0v) is 18.8. The highest BCUT2D eigenvalue weighted by atomic mass is 16.6. The van der Waals surface area contributed by atoms with Crippen LogP contribution in [0.4, 0.5) is 10.5 Å². The molecule has 2 aromatic rings. The van der Waals surface area contributed by atoms with Crippen molar-refractivity contribution in [3.05, 3.63) is 54.1 Å². The average molecular weight is 450 g/mol. The Labute approximate surface area is 194 Å². The van der Waals surface area contributed by atoms with E-state index in [0.717, 1.165) is 32.1 Å². The van der Waals surface area contributed by atoms with Crippen LogP contribution in [0.25, 0.3) is 0 Å². The van der Waals surface area contributed by atoms with E-state index < -0.39 is 6.04 Å². The molecule has 1 saturated heterocycles. The number of likely N-dealkylation sites (tertiary alicyclic amines) is 1. The van der Waals surface area contributed by atoms with E-state index in [1.165, 1.54) is 5.56 Å². The molecular weight excluding hydrogens is 418 g/mol. The fourth-order valence-electron chi connectivity index (χ4n) is 5.19. The Morgan fingerprint density at radius 3 is 2.42 bits per heavy atom.